The van der Waals surface area contributed by atoms with Crippen LogP contribution >= 0.6 is 0 Å². The van der Waals surface area contributed by atoms with Crippen LogP contribution in [0.3, 0.4) is 0 Å². The van der Waals surface area contributed by atoms with Gasteiger partial charge in [-0.1, -0.05) is 30.3 Å². The molecule has 1 fully saturated rings. The van der Waals surface area contributed by atoms with E-state index in [1.165, 1.54) is 5.56 Å². The lowest BCUT2D eigenvalue weighted by Gasteiger charge is -2.41. The van der Waals surface area contributed by atoms with Crippen molar-refractivity contribution in [2.45, 2.75) is 46.0 Å². The first-order valence-electron chi connectivity index (χ1n) is 10.7. The molecule has 2 aromatic rings. The summed E-state index contributed by atoms with van der Waals surface area (Å²) in [5.74, 6) is -0.568. The van der Waals surface area contributed by atoms with Gasteiger partial charge in [-0.3, -0.25) is 14.4 Å². The van der Waals surface area contributed by atoms with Crippen LogP contribution in [-0.4, -0.2) is 41.5 Å². The summed E-state index contributed by atoms with van der Waals surface area (Å²) >= 11 is 0. The van der Waals surface area contributed by atoms with Gasteiger partial charge in [0.1, 0.15) is 5.56 Å². The van der Waals surface area contributed by atoms with Gasteiger partial charge in [-0.25, -0.2) is 0 Å². The van der Waals surface area contributed by atoms with E-state index in [-0.39, 0.29) is 24.0 Å². The van der Waals surface area contributed by atoms with Crippen molar-refractivity contribution in [2.75, 3.05) is 19.7 Å². The molecule has 0 radical (unpaired) electrons. The Bertz CT molecular complexity index is 938. The normalized spacial score (nSPS) is 18.8. The molecule has 1 aromatic carbocycles. The third kappa shape index (κ3) is 4.99. The van der Waals surface area contributed by atoms with Gasteiger partial charge < -0.3 is 14.6 Å². The van der Waals surface area contributed by atoms with E-state index in [2.05, 4.69) is 17.1 Å². The maximum absolute atomic E-state index is 13.0. The Morgan fingerprint density at radius 2 is 1.93 bits per heavy atom. The number of carbonyl (C=O) groups is 2. The number of rotatable bonds is 7. The quantitative estimate of drug-likeness (QED) is 0.709. The van der Waals surface area contributed by atoms with Gasteiger partial charge in [0.05, 0.1) is 12.0 Å². The molecule has 0 aliphatic carbocycles. The Kier molecular flexibility index (Phi) is 7.08. The van der Waals surface area contributed by atoms with Gasteiger partial charge in [0.25, 0.3) is 11.5 Å². The fourth-order valence-corrected chi connectivity index (χ4v) is 4.25. The van der Waals surface area contributed by atoms with Crippen molar-refractivity contribution >= 4 is 11.9 Å². The molecule has 1 aliphatic heterocycles. The molecular weight excluding hydrogens is 380 g/mol. The summed E-state index contributed by atoms with van der Waals surface area (Å²) in [4.78, 5) is 42.6. The SMILES string of the molecule is CCOC(=O)C1(CCCc2ccccc2)CCCN(C(=O)c2ccc(C)[nH]c2=O)C1. The number of pyridine rings is 1. The highest BCUT2D eigenvalue weighted by Crippen LogP contribution is 2.37. The predicted octanol–water partition coefficient (Wildman–Crippen LogP) is 3.49. The largest absolute Gasteiger partial charge is 0.466 e. The Morgan fingerprint density at radius 3 is 2.63 bits per heavy atom. The number of nitrogens with one attached hydrogen (secondary N) is 1. The third-order valence-electron chi connectivity index (χ3n) is 5.82. The summed E-state index contributed by atoms with van der Waals surface area (Å²) in [6.45, 7) is 4.70. The Hall–Kier alpha value is -2.89. The van der Waals surface area contributed by atoms with Gasteiger partial charge in [0, 0.05) is 18.8 Å². The first-order valence-corrected chi connectivity index (χ1v) is 10.7. The van der Waals surface area contributed by atoms with Crippen LogP contribution in [0.1, 0.15) is 54.2 Å². The summed E-state index contributed by atoms with van der Waals surface area (Å²) in [5.41, 5.74) is 0.931. The van der Waals surface area contributed by atoms with Gasteiger partial charge in [0.15, 0.2) is 0 Å². The van der Waals surface area contributed by atoms with Crippen LogP contribution in [0.5, 0.6) is 0 Å². The Morgan fingerprint density at radius 1 is 1.17 bits per heavy atom. The molecule has 0 saturated carbocycles. The average molecular weight is 411 g/mol. The van der Waals surface area contributed by atoms with E-state index in [0.29, 0.717) is 38.1 Å². The van der Waals surface area contributed by atoms with Gasteiger partial charge in [-0.2, -0.15) is 0 Å². The van der Waals surface area contributed by atoms with E-state index in [9.17, 15) is 14.4 Å². The predicted molar refractivity (Wildman–Crippen MR) is 115 cm³/mol. The number of amides is 1. The number of piperidine rings is 1. The first-order chi connectivity index (χ1) is 14.4. The van der Waals surface area contributed by atoms with E-state index < -0.39 is 11.0 Å². The maximum atomic E-state index is 13.0. The fraction of sp³-hybridized carbons (Fsp3) is 0.458. The molecule has 1 unspecified atom stereocenters. The summed E-state index contributed by atoms with van der Waals surface area (Å²) in [7, 11) is 0. The topological polar surface area (TPSA) is 79.5 Å². The number of aromatic nitrogens is 1. The van der Waals surface area contributed by atoms with E-state index in [1.54, 1.807) is 30.9 Å². The van der Waals surface area contributed by atoms with E-state index >= 15 is 0 Å². The second-order valence-corrected chi connectivity index (χ2v) is 8.05. The lowest BCUT2D eigenvalue weighted by Crippen LogP contribution is -2.51. The van der Waals surface area contributed by atoms with Crippen molar-refractivity contribution in [1.82, 2.24) is 9.88 Å². The van der Waals surface area contributed by atoms with Crippen LogP contribution in [-0.2, 0) is 16.0 Å². The van der Waals surface area contributed by atoms with E-state index in [1.807, 2.05) is 18.2 Å². The Balaban J connectivity index is 1.77. The highest BCUT2D eigenvalue weighted by atomic mass is 16.5. The minimum atomic E-state index is -0.726. The number of likely N-dealkylation sites (tertiary alicyclic amines) is 1. The number of ether oxygens (including phenoxy) is 1. The van der Waals surface area contributed by atoms with Crippen molar-refractivity contribution in [1.29, 1.82) is 0 Å². The van der Waals surface area contributed by atoms with Crippen molar-refractivity contribution in [2.24, 2.45) is 5.41 Å². The lowest BCUT2D eigenvalue weighted by atomic mass is 9.75. The average Bonchev–Trinajstić information content (AvgIpc) is 2.74. The van der Waals surface area contributed by atoms with Crippen LogP contribution in [0.2, 0.25) is 0 Å². The number of hydrogen-bond acceptors (Lipinski definition) is 4. The Labute approximate surface area is 177 Å². The molecule has 0 bridgehead atoms. The molecule has 1 amide bonds. The maximum Gasteiger partial charge on any atom is 0.313 e. The third-order valence-corrected chi connectivity index (χ3v) is 5.82. The number of aryl methyl sites for hydroxylation is 2. The van der Waals surface area contributed by atoms with Crippen LogP contribution < -0.4 is 5.56 Å². The summed E-state index contributed by atoms with van der Waals surface area (Å²) in [5, 5.41) is 0. The standard InChI is InChI=1S/C24H30N2O4/c1-3-30-23(29)24(14-7-11-19-9-5-4-6-10-19)15-8-16-26(17-24)22(28)20-13-12-18(2)25-21(20)27/h4-6,9-10,12-13H,3,7-8,11,14-17H2,1-2H3,(H,25,27). The van der Waals surface area contributed by atoms with E-state index in [4.69, 9.17) is 4.74 Å². The van der Waals surface area contributed by atoms with Gasteiger partial charge >= 0.3 is 5.97 Å². The number of esters is 1. The van der Waals surface area contributed by atoms with Gasteiger partial charge in [0.2, 0.25) is 0 Å². The molecule has 6 heteroatoms. The first kappa shape index (κ1) is 21.8. The highest BCUT2D eigenvalue weighted by Gasteiger charge is 2.44. The molecule has 1 aromatic heterocycles. The highest BCUT2D eigenvalue weighted by molar-refractivity contribution is 5.94. The summed E-state index contributed by atoms with van der Waals surface area (Å²) in [6, 6.07) is 13.5. The molecule has 0 spiro atoms. The number of hydrogen-bond donors (Lipinski definition) is 1. The van der Waals surface area contributed by atoms with Crippen LogP contribution in [0.25, 0.3) is 0 Å². The molecule has 1 aliphatic rings. The molecule has 160 valence electrons. The molecule has 2 heterocycles. The zero-order valence-electron chi connectivity index (χ0n) is 17.8. The number of carbonyl (C=O) groups excluding carboxylic acids is 2. The molecule has 3 rings (SSSR count). The summed E-state index contributed by atoms with van der Waals surface area (Å²) in [6.07, 6.45) is 3.74. The molecule has 1 N–H and O–H groups in total. The van der Waals surface area contributed by atoms with Crippen molar-refractivity contribution in [3.63, 3.8) is 0 Å². The molecule has 1 atom stereocenters. The van der Waals surface area contributed by atoms with Crippen molar-refractivity contribution in [3.05, 3.63) is 69.6 Å². The number of H-pyrrole nitrogens is 1. The van der Waals surface area contributed by atoms with Gasteiger partial charge in [-0.05, 0) is 63.6 Å². The molecule has 6 nitrogen and oxygen atoms in total. The monoisotopic (exact) mass is 410 g/mol. The molecular formula is C24H30N2O4. The van der Waals surface area contributed by atoms with Crippen LogP contribution in [0.15, 0.2) is 47.3 Å². The smallest absolute Gasteiger partial charge is 0.313 e. The van der Waals surface area contributed by atoms with Crippen molar-refractivity contribution < 1.29 is 14.3 Å². The van der Waals surface area contributed by atoms with Crippen molar-refractivity contribution in [3.8, 4) is 0 Å². The minimum Gasteiger partial charge on any atom is -0.466 e. The fourth-order valence-electron chi connectivity index (χ4n) is 4.25. The number of nitrogens with zero attached hydrogens (tertiary/aromatic N) is 1. The number of aromatic amines is 1. The van der Waals surface area contributed by atoms with E-state index in [0.717, 1.165) is 12.8 Å². The van der Waals surface area contributed by atoms with Gasteiger partial charge in [-0.15, -0.1) is 0 Å². The number of benzene rings is 1. The zero-order chi connectivity index (χ0) is 21.6. The molecule has 30 heavy (non-hydrogen) atoms. The molecule has 1 saturated heterocycles. The minimum absolute atomic E-state index is 0.115. The zero-order valence-corrected chi connectivity index (χ0v) is 17.8. The van der Waals surface area contributed by atoms with Crippen LogP contribution in [0.4, 0.5) is 0 Å². The second kappa shape index (κ2) is 9.74. The lowest BCUT2D eigenvalue weighted by molar-refractivity contribution is -0.159. The van der Waals surface area contributed by atoms with Crippen LogP contribution in [0, 0.1) is 12.3 Å². The summed E-state index contributed by atoms with van der Waals surface area (Å²) < 4.78 is 5.42. The second-order valence-electron chi connectivity index (χ2n) is 8.05.